The Morgan fingerprint density at radius 2 is 1.82 bits per heavy atom. The van der Waals surface area contributed by atoms with Gasteiger partial charge in [0.05, 0.1) is 32.8 Å². The van der Waals surface area contributed by atoms with Crippen LogP contribution in [0.15, 0.2) is 64.1 Å². The minimum Gasteiger partial charge on any atom is -0.354 e. The third-order valence-corrected chi connectivity index (χ3v) is 7.97. The van der Waals surface area contributed by atoms with E-state index in [1.807, 2.05) is 32.2 Å². The van der Waals surface area contributed by atoms with E-state index in [1.54, 1.807) is 50.4 Å². The number of nitrogens with zero attached hydrogens (tertiary/aromatic N) is 3. The van der Waals surface area contributed by atoms with Gasteiger partial charge in [0, 0.05) is 26.6 Å². The first-order valence-corrected chi connectivity index (χ1v) is 12.7. The molecule has 0 saturated carbocycles. The largest absolute Gasteiger partial charge is 0.354 e. The highest BCUT2D eigenvalue weighted by Crippen LogP contribution is 2.32. The van der Waals surface area contributed by atoms with Crippen LogP contribution in [0.3, 0.4) is 0 Å². The van der Waals surface area contributed by atoms with E-state index in [9.17, 15) is 8.42 Å². The summed E-state index contributed by atoms with van der Waals surface area (Å²) in [5, 5.41) is 7.38. The van der Waals surface area contributed by atoms with Crippen molar-refractivity contribution in [2.24, 2.45) is 0 Å². The molecule has 0 bridgehead atoms. The van der Waals surface area contributed by atoms with Crippen molar-refractivity contribution >= 4 is 21.4 Å². The fraction of sp³-hybridized carbons (Fsp3) is 0.240. The summed E-state index contributed by atoms with van der Waals surface area (Å²) >= 11 is 6.48. The Labute approximate surface area is 207 Å². The molecule has 4 rings (SSSR count). The van der Waals surface area contributed by atoms with Crippen LogP contribution in [-0.2, 0) is 16.4 Å². The van der Waals surface area contributed by atoms with Crippen LogP contribution in [0.2, 0.25) is 5.02 Å². The van der Waals surface area contributed by atoms with Gasteiger partial charge in [0.2, 0.25) is 0 Å². The molecule has 34 heavy (non-hydrogen) atoms. The molecule has 0 unspecified atom stereocenters. The van der Waals surface area contributed by atoms with E-state index < -0.39 is 15.1 Å². The fourth-order valence-corrected chi connectivity index (χ4v) is 4.86. The molecule has 0 saturated heterocycles. The monoisotopic (exact) mass is 500 g/mol. The summed E-state index contributed by atoms with van der Waals surface area (Å²) in [7, 11) is -1.46. The van der Waals surface area contributed by atoms with Gasteiger partial charge in [-0.25, -0.2) is 13.4 Å². The highest BCUT2D eigenvalue weighted by Gasteiger charge is 2.20. The van der Waals surface area contributed by atoms with Gasteiger partial charge in [-0.05, 0) is 51.6 Å². The molecule has 1 N–H and O–H groups in total. The van der Waals surface area contributed by atoms with Gasteiger partial charge in [0.1, 0.15) is 11.4 Å². The standard InChI is InChI=1S/C25H25ClN4O3S.2H2/c1-15(2)34(31,32)19-8-6-18(7-9-19)23-14-28-16(3)25(29-23)24-12-22(30-33-24)20-10-5-17(13-27-4)11-21(20)26;;/h5-12,14-15,27H,13H2,1-4H3;2*1H. The second-order valence-electron chi connectivity index (χ2n) is 8.23. The van der Waals surface area contributed by atoms with E-state index in [0.717, 1.165) is 23.2 Å². The summed E-state index contributed by atoms with van der Waals surface area (Å²) in [6.45, 7) is 5.88. The van der Waals surface area contributed by atoms with Crippen LogP contribution in [0.25, 0.3) is 34.0 Å². The molecule has 2 aromatic carbocycles. The average molecular weight is 501 g/mol. The molecule has 4 aromatic rings. The maximum Gasteiger partial charge on any atom is 0.187 e. The first-order chi connectivity index (χ1) is 16.2. The summed E-state index contributed by atoms with van der Waals surface area (Å²) in [6, 6.07) is 14.2. The van der Waals surface area contributed by atoms with E-state index >= 15 is 0 Å². The van der Waals surface area contributed by atoms with E-state index in [-0.39, 0.29) is 7.75 Å². The molecular formula is C25H29ClN4O3S. The Morgan fingerprint density at radius 3 is 2.47 bits per heavy atom. The first-order valence-electron chi connectivity index (χ1n) is 10.8. The summed E-state index contributed by atoms with van der Waals surface area (Å²) in [5.41, 5.74) is 5.02. The topological polar surface area (TPSA) is 98.0 Å². The zero-order chi connectivity index (χ0) is 24.5. The van der Waals surface area contributed by atoms with Crippen molar-refractivity contribution in [2.45, 2.75) is 37.5 Å². The lowest BCUT2D eigenvalue weighted by atomic mass is 10.1. The van der Waals surface area contributed by atoms with Crippen LogP contribution in [0.1, 0.15) is 28.0 Å². The lowest BCUT2D eigenvalue weighted by Crippen LogP contribution is -2.13. The molecule has 2 aromatic heterocycles. The number of benzene rings is 2. The number of hydrogen-bond donors (Lipinski definition) is 1. The molecule has 0 aliphatic heterocycles. The highest BCUT2D eigenvalue weighted by atomic mass is 35.5. The lowest BCUT2D eigenvalue weighted by Gasteiger charge is -2.09. The summed E-state index contributed by atoms with van der Waals surface area (Å²) in [5.74, 6) is 0.469. The number of sulfone groups is 1. The molecule has 0 radical (unpaired) electrons. The average Bonchev–Trinajstić information content (AvgIpc) is 3.29. The van der Waals surface area contributed by atoms with Crippen LogP contribution in [0.5, 0.6) is 0 Å². The molecule has 0 amide bonds. The van der Waals surface area contributed by atoms with E-state index in [0.29, 0.717) is 33.6 Å². The van der Waals surface area contributed by atoms with Crippen molar-refractivity contribution < 1.29 is 15.8 Å². The Morgan fingerprint density at radius 1 is 1.09 bits per heavy atom. The molecule has 2 heterocycles. The molecule has 0 aliphatic rings. The predicted octanol–water partition coefficient (Wildman–Crippen LogP) is 5.82. The zero-order valence-electron chi connectivity index (χ0n) is 19.3. The number of rotatable bonds is 7. The van der Waals surface area contributed by atoms with Gasteiger partial charge in [-0.1, -0.05) is 41.0 Å². The number of nitrogens with one attached hydrogen (secondary N) is 1. The number of aryl methyl sites for hydroxylation is 1. The lowest BCUT2D eigenvalue weighted by molar-refractivity contribution is 0.433. The zero-order valence-corrected chi connectivity index (χ0v) is 20.9. The quantitative estimate of drug-likeness (QED) is 0.341. The maximum atomic E-state index is 12.4. The summed E-state index contributed by atoms with van der Waals surface area (Å²) in [4.78, 5) is 9.46. The molecule has 180 valence electrons. The Kier molecular flexibility index (Phi) is 6.84. The number of hydrogen-bond acceptors (Lipinski definition) is 7. The normalized spacial score (nSPS) is 11.8. The van der Waals surface area contributed by atoms with Gasteiger partial charge in [-0.3, -0.25) is 4.98 Å². The van der Waals surface area contributed by atoms with E-state index in [2.05, 4.69) is 15.5 Å². The van der Waals surface area contributed by atoms with Crippen molar-refractivity contribution in [1.29, 1.82) is 0 Å². The highest BCUT2D eigenvalue weighted by molar-refractivity contribution is 7.92. The van der Waals surface area contributed by atoms with Crippen LogP contribution >= 0.6 is 11.6 Å². The number of aromatic nitrogens is 3. The van der Waals surface area contributed by atoms with Crippen LogP contribution in [-0.4, -0.2) is 35.8 Å². The minimum atomic E-state index is -3.34. The van der Waals surface area contributed by atoms with Gasteiger partial charge in [0.25, 0.3) is 0 Å². The van der Waals surface area contributed by atoms with Crippen molar-refractivity contribution in [2.75, 3.05) is 7.05 Å². The molecule has 0 atom stereocenters. The fourth-order valence-electron chi connectivity index (χ4n) is 3.50. The van der Waals surface area contributed by atoms with Gasteiger partial charge in [-0.2, -0.15) is 0 Å². The minimum absolute atomic E-state index is 0. The first kappa shape index (κ1) is 24.1. The molecule has 9 heteroatoms. The van der Waals surface area contributed by atoms with Gasteiger partial charge in [0.15, 0.2) is 15.6 Å². The molecular weight excluding hydrogens is 472 g/mol. The maximum absolute atomic E-state index is 12.4. The summed E-state index contributed by atoms with van der Waals surface area (Å²) < 4.78 is 30.4. The van der Waals surface area contributed by atoms with Crippen molar-refractivity contribution in [3.05, 3.63) is 71.0 Å². The van der Waals surface area contributed by atoms with Crippen LogP contribution in [0.4, 0.5) is 0 Å². The molecule has 0 aliphatic carbocycles. The van der Waals surface area contributed by atoms with Gasteiger partial charge in [-0.15, -0.1) is 0 Å². The molecule has 0 fully saturated rings. The smallest absolute Gasteiger partial charge is 0.187 e. The van der Waals surface area contributed by atoms with Crippen LogP contribution < -0.4 is 5.32 Å². The predicted molar refractivity (Wildman–Crippen MR) is 137 cm³/mol. The second-order valence-corrected chi connectivity index (χ2v) is 11.1. The van der Waals surface area contributed by atoms with Crippen molar-refractivity contribution in [3.8, 4) is 34.0 Å². The SMILES string of the molecule is CNCc1ccc(-c2cc(-c3nc(-c4ccc(S(=O)(=O)C(C)C)cc4)cnc3C)on2)c(Cl)c1.[HH].[HH]. The third kappa shape index (κ3) is 4.75. The van der Waals surface area contributed by atoms with Crippen molar-refractivity contribution in [3.63, 3.8) is 0 Å². The third-order valence-electron chi connectivity index (χ3n) is 5.49. The summed E-state index contributed by atoms with van der Waals surface area (Å²) in [6.07, 6.45) is 1.65. The molecule has 0 spiro atoms. The van der Waals surface area contributed by atoms with E-state index in [4.69, 9.17) is 21.1 Å². The Hall–Kier alpha value is -3.07. The number of halogens is 1. The van der Waals surface area contributed by atoms with Crippen LogP contribution in [0, 0.1) is 6.92 Å². The van der Waals surface area contributed by atoms with Crippen molar-refractivity contribution in [1.82, 2.24) is 20.4 Å². The van der Waals surface area contributed by atoms with Gasteiger partial charge < -0.3 is 9.84 Å². The second kappa shape index (κ2) is 9.66. The Balaban J connectivity index is 0.00000228. The van der Waals surface area contributed by atoms with E-state index in [1.165, 1.54) is 0 Å². The molecule has 7 nitrogen and oxygen atoms in total. The Bertz CT molecular complexity index is 1440. The van der Waals surface area contributed by atoms with Gasteiger partial charge >= 0.3 is 0 Å².